The molecule has 0 radical (unpaired) electrons. The maximum Gasteiger partial charge on any atom is 0.266 e. The molecule has 0 aromatic heterocycles. The van der Waals surface area contributed by atoms with Gasteiger partial charge in [0.15, 0.2) is 11.5 Å². The predicted octanol–water partition coefficient (Wildman–Crippen LogP) is 4.82. The smallest absolute Gasteiger partial charge is 0.266 e. The second-order valence-electron chi connectivity index (χ2n) is 5.33. The molecule has 0 heterocycles. The van der Waals surface area contributed by atoms with Gasteiger partial charge in [-0.2, -0.15) is 5.26 Å². The van der Waals surface area contributed by atoms with Crippen LogP contribution in [0.15, 0.2) is 35.9 Å². The standard InChI is InChI=1S/C19H16ClIN2O3/c1-11-4-5-14(9-15(11)20)23-19(24)13(10-22)6-12-7-16(21)18(26-3)17(8-12)25-2/h4-9H,1-3H3,(H,23,24)/b13-6+. The Balaban J connectivity index is 2.32. The maximum absolute atomic E-state index is 12.4. The summed E-state index contributed by atoms with van der Waals surface area (Å²) in [7, 11) is 3.08. The van der Waals surface area contributed by atoms with Crippen molar-refractivity contribution in [3.8, 4) is 17.6 Å². The SMILES string of the molecule is COc1cc(/C=C(\C#N)C(=O)Nc2ccc(C)c(Cl)c2)cc(I)c1OC. The molecule has 2 aromatic rings. The second kappa shape index (κ2) is 8.92. The van der Waals surface area contributed by atoms with E-state index < -0.39 is 5.91 Å². The number of hydrogen-bond donors (Lipinski definition) is 1. The largest absolute Gasteiger partial charge is 0.493 e. The Kier molecular flexibility index (Phi) is 6.89. The van der Waals surface area contributed by atoms with Gasteiger partial charge in [0.05, 0.1) is 17.8 Å². The van der Waals surface area contributed by atoms with Crippen molar-refractivity contribution in [1.29, 1.82) is 5.26 Å². The van der Waals surface area contributed by atoms with Crippen LogP contribution in [0.5, 0.6) is 11.5 Å². The van der Waals surface area contributed by atoms with Crippen molar-refractivity contribution in [1.82, 2.24) is 0 Å². The Morgan fingerprint density at radius 1 is 1.27 bits per heavy atom. The summed E-state index contributed by atoms with van der Waals surface area (Å²) in [6.07, 6.45) is 1.50. The van der Waals surface area contributed by atoms with Gasteiger partial charge < -0.3 is 14.8 Å². The molecule has 134 valence electrons. The number of nitriles is 1. The molecule has 0 atom stereocenters. The highest BCUT2D eigenvalue weighted by atomic mass is 127. The molecular weight excluding hydrogens is 467 g/mol. The van der Waals surface area contributed by atoms with Gasteiger partial charge in [-0.3, -0.25) is 4.79 Å². The molecule has 0 saturated heterocycles. The van der Waals surface area contributed by atoms with Crippen molar-refractivity contribution < 1.29 is 14.3 Å². The monoisotopic (exact) mass is 482 g/mol. The fraction of sp³-hybridized carbons (Fsp3) is 0.158. The van der Waals surface area contributed by atoms with E-state index in [4.69, 9.17) is 21.1 Å². The fourth-order valence-electron chi connectivity index (χ4n) is 2.21. The van der Waals surface area contributed by atoms with Crippen LogP contribution in [0.25, 0.3) is 6.08 Å². The number of anilines is 1. The number of halogens is 2. The molecule has 1 amide bonds. The molecular formula is C19H16ClIN2O3. The third kappa shape index (κ3) is 4.68. The highest BCUT2D eigenvalue weighted by Crippen LogP contribution is 2.34. The number of hydrogen-bond acceptors (Lipinski definition) is 4. The third-order valence-electron chi connectivity index (χ3n) is 3.56. The molecule has 0 aliphatic carbocycles. The number of methoxy groups -OCH3 is 2. The van der Waals surface area contributed by atoms with Gasteiger partial charge in [0.25, 0.3) is 5.91 Å². The van der Waals surface area contributed by atoms with Gasteiger partial charge >= 0.3 is 0 Å². The van der Waals surface area contributed by atoms with Gasteiger partial charge in [-0.15, -0.1) is 0 Å². The van der Waals surface area contributed by atoms with Crippen LogP contribution in [-0.4, -0.2) is 20.1 Å². The third-order valence-corrected chi connectivity index (χ3v) is 4.77. The fourth-order valence-corrected chi connectivity index (χ4v) is 3.23. The quantitative estimate of drug-likeness (QED) is 0.377. The molecule has 0 spiro atoms. The van der Waals surface area contributed by atoms with Crippen LogP contribution < -0.4 is 14.8 Å². The lowest BCUT2D eigenvalue weighted by Gasteiger charge is -2.11. The predicted molar refractivity (Wildman–Crippen MR) is 111 cm³/mol. The number of carbonyl (C=O) groups excluding carboxylic acids is 1. The minimum Gasteiger partial charge on any atom is -0.493 e. The van der Waals surface area contributed by atoms with E-state index in [1.54, 1.807) is 37.4 Å². The summed E-state index contributed by atoms with van der Waals surface area (Å²) in [5.74, 6) is 0.605. The summed E-state index contributed by atoms with van der Waals surface area (Å²) in [4.78, 5) is 12.4. The van der Waals surface area contributed by atoms with Gasteiger partial charge in [0, 0.05) is 10.7 Å². The Labute approximate surface area is 170 Å². The van der Waals surface area contributed by atoms with Crippen LogP contribution in [0.1, 0.15) is 11.1 Å². The molecule has 0 fully saturated rings. The summed E-state index contributed by atoms with van der Waals surface area (Å²) < 4.78 is 11.4. The van der Waals surface area contributed by atoms with Crippen molar-refractivity contribution in [2.45, 2.75) is 6.92 Å². The molecule has 0 aliphatic heterocycles. The van der Waals surface area contributed by atoms with E-state index in [-0.39, 0.29) is 5.57 Å². The lowest BCUT2D eigenvalue weighted by Crippen LogP contribution is -2.13. The van der Waals surface area contributed by atoms with E-state index >= 15 is 0 Å². The molecule has 0 saturated carbocycles. The number of nitrogens with one attached hydrogen (secondary N) is 1. The van der Waals surface area contributed by atoms with Gasteiger partial charge in [-0.1, -0.05) is 17.7 Å². The van der Waals surface area contributed by atoms with E-state index in [0.717, 1.165) is 9.13 Å². The number of amides is 1. The minimum absolute atomic E-state index is 0.0373. The molecule has 1 N–H and O–H groups in total. The number of nitrogens with zero attached hydrogens (tertiary/aromatic N) is 1. The minimum atomic E-state index is -0.516. The summed E-state index contributed by atoms with van der Waals surface area (Å²) >= 11 is 8.17. The van der Waals surface area contributed by atoms with Crippen molar-refractivity contribution in [3.05, 3.63) is 55.6 Å². The molecule has 0 unspecified atom stereocenters. The molecule has 2 aromatic carbocycles. The number of rotatable bonds is 5. The van der Waals surface area contributed by atoms with Gasteiger partial charge in [0.2, 0.25) is 0 Å². The van der Waals surface area contributed by atoms with E-state index in [0.29, 0.717) is 27.8 Å². The number of ether oxygens (including phenoxy) is 2. The Morgan fingerprint density at radius 3 is 2.58 bits per heavy atom. The van der Waals surface area contributed by atoms with E-state index in [1.807, 2.05) is 13.0 Å². The number of carbonyl (C=O) groups is 1. The first-order chi connectivity index (χ1) is 12.4. The summed E-state index contributed by atoms with van der Waals surface area (Å²) in [5, 5.41) is 12.6. The molecule has 5 nitrogen and oxygen atoms in total. The van der Waals surface area contributed by atoms with Crippen molar-refractivity contribution in [2.75, 3.05) is 19.5 Å². The zero-order valence-electron chi connectivity index (χ0n) is 14.4. The van der Waals surface area contributed by atoms with Crippen LogP contribution >= 0.6 is 34.2 Å². The van der Waals surface area contributed by atoms with Gasteiger partial charge in [-0.25, -0.2) is 0 Å². The Hall–Kier alpha value is -2.24. The van der Waals surface area contributed by atoms with Crippen LogP contribution in [0.3, 0.4) is 0 Å². The Morgan fingerprint density at radius 2 is 2.00 bits per heavy atom. The van der Waals surface area contributed by atoms with Crippen LogP contribution in [-0.2, 0) is 4.79 Å². The molecule has 26 heavy (non-hydrogen) atoms. The van der Waals surface area contributed by atoms with Crippen molar-refractivity contribution in [3.63, 3.8) is 0 Å². The second-order valence-corrected chi connectivity index (χ2v) is 6.90. The average molecular weight is 483 g/mol. The van der Waals surface area contributed by atoms with Crippen LogP contribution in [0.4, 0.5) is 5.69 Å². The number of benzene rings is 2. The average Bonchev–Trinajstić information content (AvgIpc) is 2.62. The zero-order valence-corrected chi connectivity index (χ0v) is 17.3. The highest BCUT2D eigenvalue weighted by Gasteiger charge is 2.13. The van der Waals surface area contributed by atoms with Gasteiger partial charge in [-0.05, 0) is 71.0 Å². The van der Waals surface area contributed by atoms with E-state index in [9.17, 15) is 10.1 Å². The molecule has 2 rings (SSSR count). The molecule has 0 aliphatic rings. The lowest BCUT2D eigenvalue weighted by molar-refractivity contribution is -0.112. The first kappa shape index (κ1) is 20.1. The van der Waals surface area contributed by atoms with Crippen molar-refractivity contribution in [2.24, 2.45) is 0 Å². The van der Waals surface area contributed by atoms with Gasteiger partial charge in [0.1, 0.15) is 11.6 Å². The van der Waals surface area contributed by atoms with Crippen LogP contribution in [0, 0.1) is 21.8 Å². The van der Waals surface area contributed by atoms with E-state index in [1.165, 1.54) is 13.2 Å². The summed E-state index contributed by atoms with van der Waals surface area (Å²) in [6, 6.07) is 10.6. The number of aryl methyl sites for hydroxylation is 1. The summed E-state index contributed by atoms with van der Waals surface area (Å²) in [5.41, 5.74) is 2.04. The lowest BCUT2D eigenvalue weighted by atomic mass is 10.1. The maximum atomic E-state index is 12.4. The topological polar surface area (TPSA) is 71.3 Å². The first-order valence-corrected chi connectivity index (χ1v) is 8.96. The van der Waals surface area contributed by atoms with E-state index in [2.05, 4.69) is 27.9 Å². The summed E-state index contributed by atoms with van der Waals surface area (Å²) in [6.45, 7) is 1.87. The Bertz CT molecular complexity index is 920. The molecule has 0 bridgehead atoms. The van der Waals surface area contributed by atoms with Crippen molar-refractivity contribution >= 4 is 51.9 Å². The van der Waals surface area contributed by atoms with Crippen LogP contribution in [0.2, 0.25) is 5.02 Å². The molecule has 7 heteroatoms. The normalized spacial score (nSPS) is 10.8. The zero-order chi connectivity index (χ0) is 19.3. The highest BCUT2D eigenvalue weighted by molar-refractivity contribution is 14.1. The first-order valence-electron chi connectivity index (χ1n) is 7.50.